The summed E-state index contributed by atoms with van der Waals surface area (Å²) in [5, 5.41) is 3.99. The summed E-state index contributed by atoms with van der Waals surface area (Å²) in [4.78, 5) is 4.02. The molecular formula is C10H15N5O3S. The fourth-order valence-corrected chi connectivity index (χ4v) is 2.78. The van der Waals surface area contributed by atoms with E-state index < -0.39 is 10.0 Å². The molecule has 0 spiro atoms. The van der Waals surface area contributed by atoms with Gasteiger partial charge in [-0.05, 0) is 6.92 Å². The maximum atomic E-state index is 12.1. The van der Waals surface area contributed by atoms with E-state index in [0.717, 1.165) is 0 Å². The molecule has 0 fully saturated rings. The van der Waals surface area contributed by atoms with E-state index >= 15 is 0 Å². The molecule has 19 heavy (non-hydrogen) atoms. The molecule has 0 aliphatic rings. The average molecular weight is 285 g/mol. The van der Waals surface area contributed by atoms with Gasteiger partial charge in [-0.1, -0.05) is 0 Å². The van der Waals surface area contributed by atoms with Crippen LogP contribution in [0.15, 0.2) is 21.7 Å². The summed E-state index contributed by atoms with van der Waals surface area (Å²) in [6, 6.07) is 1.42. The van der Waals surface area contributed by atoms with E-state index in [0.29, 0.717) is 17.3 Å². The molecule has 0 amide bonds. The van der Waals surface area contributed by atoms with Crippen molar-refractivity contribution in [1.82, 2.24) is 19.5 Å². The molecule has 2 heterocycles. The average Bonchev–Trinajstić information content (AvgIpc) is 2.93. The quantitative estimate of drug-likeness (QED) is 0.776. The SMILES string of the molecule is Cc1oc(CN)cc1S(=O)(=O)NCc1ncn(C)n1. The van der Waals surface area contributed by atoms with E-state index in [9.17, 15) is 8.42 Å². The van der Waals surface area contributed by atoms with E-state index in [2.05, 4.69) is 14.8 Å². The maximum Gasteiger partial charge on any atom is 0.244 e. The number of sulfonamides is 1. The molecule has 3 N–H and O–H groups in total. The first kappa shape index (κ1) is 13.7. The summed E-state index contributed by atoms with van der Waals surface area (Å²) in [5.74, 6) is 1.13. The molecule has 0 unspecified atom stereocenters. The van der Waals surface area contributed by atoms with Crippen LogP contribution in [0, 0.1) is 6.92 Å². The lowest BCUT2D eigenvalue weighted by atomic mass is 10.4. The molecule has 0 aromatic carbocycles. The van der Waals surface area contributed by atoms with Crippen LogP contribution in [0.5, 0.6) is 0 Å². The Labute approximate surface area is 110 Å². The molecule has 0 saturated carbocycles. The van der Waals surface area contributed by atoms with Gasteiger partial charge in [0.1, 0.15) is 22.7 Å². The first-order valence-corrected chi connectivity index (χ1v) is 7.04. The van der Waals surface area contributed by atoms with Crippen molar-refractivity contribution >= 4 is 10.0 Å². The largest absolute Gasteiger partial charge is 0.464 e. The Morgan fingerprint density at radius 2 is 2.26 bits per heavy atom. The number of nitrogens with zero attached hydrogens (tertiary/aromatic N) is 3. The molecule has 9 heteroatoms. The molecule has 0 atom stereocenters. The summed E-state index contributed by atoms with van der Waals surface area (Å²) >= 11 is 0. The van der Waals surface area contributed by atoms with Gasteiger partial charge in [0, 0.05) is 13.1 Å². The van der Waals surface area contributed by atoms with Crippen molar-refractivity contribution in [3.63, 3.8) is 0 Å². The van der Waals surface area contributed by atoms with Crippen molar-refractivity contribution < 1.29 is 12.8 Å². The van der Waals surface area contributed by atoms with Crippen molar-refractivity contribution in [3.05, 3.63) is 29.7 Å². The Balaban J connectivity index is 2.15. The topological polar surface area (TPSA) is 116 Å². The number of hydrogen-bond donors (Lipinski definition) is 2. The van der Waals surface area contributed by atoms with Crippen LogP contribution in [0.4, 0.5) is 0 Å². The van der Waals surface area contributed by atoms with Gasteiger partial charge in [0.05, 0.1) is 13.1 Å². The Kier molecular flexibility index (Phi) is 3.69. The van der Waals surface area contributed by atoms with Gasteiger partial charge in [0.25, 0.3) is 0 Å². The molecule has 2 rings (SSSR count). The zero-order valence-corrected chi connectivity index (χ0v) is 11.4. The van der Waals surface area contributed by atoms with E-state index in [-0.39, 0.29) is 18.0 Å². The third-order valence-electron chi connectivity index (χ3n) is 2.48. The lowest BCUT2D eigenvalue weighted by Crippen LogP contribution is -2.24. The molecule has 0 aliphatic carbocycles. The van der Waals surface area contributed by atoms with Crippen LogP contribution >= 0.6 is 0 Å². The highest BCUT2D eigenvalue weighted by Gasteiger charge is 2.21. The van der Waals surface area contributed by atoms with Crippen LogP contribution in [0.25, 0.3) is 0 Å². The Bertz CT molecular complexity index is 673. The normalized spacial score (nSPS) is 11.9. The molecular weight excluding hydrogens is 270 g/mol. The highest BCUT2D eigenvalue weighted by molar-refractivity contribution is 7.89. The molecule has 0 radical (unpaired) electrons. The van der Waals surface area contributed by atoms with Crippen LogP contribution in [0.1, 0.15) is 17.3 Å². The van der Waals surface area contributed by atoms with Crippen molar-refractivity contribution in [2.75, 3.05) is 0 Å². The fourth-order valence-electron chi connectivity index (χ4n) is 1.59. The highest BCUT2D eigenvalue weighted by atomic mass is 32.2. The predicted molar refractivity (Wildman–Crippen MR) is 66.4 cm³/mol. The third kappa shape index (κ3) is 3.00. The van der Waals surface area contributed by atoms with Gasteiger partial charge in [-0.3, -0.25) is 4.68 Å². The van der Waals surface area contributed by atoms with Gasteiger partial charge in [0.2, 0.25) is 10.0 Å². The van der Waals surface area contributed by atoms with Crippen LogP contribution in [-0.4, -0.2) is 23.2 Å². The molecule has 2 aromatic heterocycles. The molecule has 0 bridgehead atoms. The molecule has 0 aliphatic heterocycles. The second-order valence-corrected chi connectivity index (χ2v) is 5.73. The minimum Gasteiger partial charge on any atom is -0.464 e. The van der Waals surface area contributed by atoms with Gasteiger partial charge >= 0.3 is 0 Å². The van der Waals surface area contributed by atoms with Crippen molar-refractivity contribution in [2.45, 2.75) is 24.9 Å². The Morgan fingerprint density at radius 3 is 2.79 bits per heavy atom. The first-order valence-electron chi connectivity index (χ1n) is 5.56. The number of aryl methyl sites for hydroxylation is 2. The van der Waals surface area contributed by atoms with E-state index in [4.69, 9.17) is 10.2 Å². The van der Waals surface area contributed by atoms with Crippen LogP contribution in [-0.2, 0) is 30.2 Å². The van der Waals surface area contributed by atoms with E-state index in [1.807, 2.05) is 0 Å². The van der Waals surface area contributed by atoms with Gasteiger partial charge < -0.3 is 10.2 Å². The number of hydrogen-bond acceptors (Lipinski definition) is 6. The predicted octanol–water partition coefficient (Wildman–Crippen LogP) is -0.346. The number of aromatic nitrogens is 3. The smallest absolute Gasteiger partial charge is 0.244 e. The van der Waals surface area contributed by atoms with Gasteiger partial charge in [0.15, 0.2) is 5.82 Å². The third-order valence-corrected chi connectivity index (χ3v) is 3.99. The van der Waals surface area contributed by atoms with Crippen LogP contribution in [0.2, 0.25) is 0 Å². The molecule has 104 valence electrons. The first-order chi connectivity index (χ1) is 8.92. The van der Waals surface area contributed by atoms with E-state index in [1.165, 1.54) is 17.1 Å². The highest BCUT2D eigenvalue weighted by Crippen LogP contribution is 2.19. The van der Waals surface area contributed by atoms with Crippen LogP contribution < -0.4 is 10.5 Å². The van der Waals surface area contributed by atoms with Gasteiger partial charge in [-0.2, -0.15) is 5.10 Å². The van der Waals surface area contributed by atoms with E-state index in [1.54, 1.807) is 14.0 Å². The zero-order valence-electron chi connectivity index (χ0n) is 10.6. The van der Waals surface area contributed by atoms with Crippen LogP contribution in [0.3, 0.4) is 0 Å². The van der Waals surface area contributed by atoms with Gasteiger partial charge in [-0.25, -0.2) is 18.1 Å². The Hall–Kier alpha value is -1.71. The molecule has 8 nitrogen and oxygen atoms in total. The van der Waals surface area contributed by atoms with Crippen molar-refractivity contribution in [3.8, 4) is 0 Å². The number of furan rings is 1. The standard InChI is InChI=1S/C10H15N5O3S/c1-7-9(3-8(4-11)18-7)19(16,17)13-5-10-12-6-15(2)14-10/h3,6,13H,4-5,11H2,1-2H3. The number of nitrogens with two attached hydrogens (primary N) is 1. The summed E-state index contributed by atoms with van der Waals surface area (Å²) < 4.78 is 33.3. The van der Waals surface area contributed by atoms with Crippen molar-refractivity contribution in [1.29, 1.82) is 0 Å². The summed E-state index contributed by atoms with van der Waals surface area (Å²) in [6.45, 7) is 1.75. The minimum atomic E-state index is -3.66. The molecule has 0 saturated heterocycles. The lowest BCUT2D eigenvalue weighted by molar-refractivity contribution is 0.478. The number of nitrogens with one attached hydrogen (secondary N) is 1. The summed E-state index contributed by atoms with van der Waals surface area (Å²) in [6.07, 6.45) is 1.50. The maximum absolute atomic E-state index is 12.1. The fraction of sp³-hybridized carbons (Fsp3) is 0.400. The molecule has 2 aromatic rings. The van der Waals surface area contributed by atoms with Crippen molar-refractivity contribution in [2.24, 2.45) is 12.8 Å². The monoisotopic (exact) mass is 285 g/mol. The Morgan fingerprint density at radius 1 is 1.53 bits per heavy atom. The second kappa shape index (κ2) is 5.11. The van der Waals surface area contributed by atoms with Gasteiger partial charge in [-0.15, -0.1) is 0 Å². The lowest BCUT2D eigenvalue weighted by Gasteiger charge is -2.02. The zero-order chi connectivity index (χ0) is 14.0. The second-order valence-electron chi connectivity index (χ2n) is 4.00. The number of rotatable bonds is 5. The summed E-state index contributed by atoms with van der Waals surface area (Å²) in [5.41, 5.74) is 5.41. The summed E-state index contributed by atoms with van der Waals surface area (Å²) in [7, 11) is -1.95. The minimum absolute atomic E-state index is 0.0196.